The molecule has 1 atom stereocenters. The topological polar surface area (TPSA) is 18.5 Å². The first-order valence-corrected chi connectivity index (χ1v) is 11.4. The molecule has 0 bridgehead atoms. The molecule has 0 rings (SSSR count). The molecule has 0 aromatic rings. The summed E-state index contributed by atoms with van der Waals surface area (Å²) in [6.45, 7) is 6.74. The van der Waals surface area contributed by atoms with E-state index in [1.165, 1.54) is 12.8 Å². The van der Waals surface area contributed by atoms with Crippen molar-refractivity contribution in [1.82, 2.24) is 0 Å². The molecule has 0 aliphatic heterocycles. The second-order valence-electron chi connectivity index (χ2n) is 5.67. The van der Waals surface area contributed by atoms with E-state index in [-0.39, 0.29) is 0 Å². The molecule has 1 unspecified atom stereocenters. The van der Waals surface area contributed by atoms with Crippen LogP contribution in [-0.2, 0) is 20.9 Å². The Balaban J connectivity index is 4.19. The summed E-state index contributed by atoms with van der Waals surface area (Å²) in [5.41, 5.74) is -2.12. The summed E-state index contributed by atoms with van der Waals surface area (Å²) in [6.07, 6.45) is 4.56. The van der Waals surface area contributed by atoms with E-state index in [1.807, 2.05) is 0 Å². The minimum Gasteiger partial charge on any atom is -0.329 e. The molecule has 0 aliphatic carbocycles. The number of nitrogens with zero attached hydrogens (tertiary/aromatic N) is 1. The van der Waals surface area contributed by atoms with E-state index in [0.29, 0.717) is 6.61 Å². The fourth-order valence-corrected chi connectivity index (χ4v) is 5.77. The Hall–Kier alpha value is 0.880. The van der Waals surface area contributed by atoms with Crippen molar-refractivity contribution in [3.05, 3.63) is 0 Å². The highest BCUT2D eigenvalue weighted by Crippen LogP contribution is 2.61. The van der Waals surface area contributed by atoms with Gasteiger partial charge in [0.05, 0.1) is 27.7 Å². The van der Waals surface area contributed by atoms with Crippen LogP contribution in [0.4, 0.5) is 0 Å². The van der Waals surface area contributed by atoms with Crippen molar-refractivity contribution < 1.29 is 13.5 Å². The fraction of sp³-hybridized carbons (Fsp3) is 1.00. The lowest BCUT2D eigenvalue weighted by atomic mass is 10.4. The van der Waals surface area contributed by atoms with Crippen LogP contribution in [0.5, 0.6) is 0 Å². The van der Waals surface area contributed by atoms with Crippen LogP contribution >= 0.6 is 17.1 Å². The van der Waals surface area contributed by atoms with E-state index in [0.717, 1.165) is 36.2 Å². The number of hydrogen-bond acceptors (Lipinski definition) is 4. The molecule has 116 valence electrons. The van der Waals surface area contributed by atoms with Gasteiger partial charge in [-0.15, -0.1) is 0 Å². The molecule has 3 nitrogen and oxygen atoms in total. The summed E-state index contributed by atoms with van der Waals surface area (Å²) < 4.78 is 12.7. The maximum Gasteiger partial charge on any atom is 0.247 e. The second kappa shape index (κ2) is 10.6. The molecular weight excluding hydrogens is 297 g/mol. The minimum atomic E-state index is -2.12. The summed E-state index contributed by atoms with van der Waals surface area (Å²) >= 11 is 7.36. The first kappa shape index (κ1) is 19.9. The molecule has 0 amide bonds. The first-order chi connectivity index (χ1) is 8.83. The third kappa shape index (κ3) is 12.3. The van der Waals surface area contributed by atoms with Gasteiger partial charge in [-0.05, 0) is 24.6 Å². The van der Waals surface area contributed by atoms with Crippen LogP contribution in [0.3, 0.4) is 0 Å². The maximum absolute atomic E-state index is 5.95. The highest BCUT2D eigenvalue weighted by Gasteiger charge is 2.21. The van der Waals surface area contributed by atoms with Gasteiger partial charge in [-0.2, -0.15) is 0 Å². The monoisotopic (exact) mass is 328 g/mol. The van der Waals surface area contributed by atoms with Gasteiger partial charge >= 0.3 is 0 Å². The maximum atomic E-state index is 5.95. The van der Waals surface area contributed by atoms with Crippen LogP contribution in [0.15, 0.2) is 0 Å². The van der Waals surface area contributed by atoms with Crippen LogP contribution in [0.1, 0.15) is 39.5 Å². The van der Waals surface area contributed by atoms with Crippen molar-refractivity contribution in [2.75, 3.05) is 46.7 Å². The van der Waals surface area contributed by atoms with Crippen LogP contribution in [0, 0.1) is 0 Å². The van der Waals surface area contributed by atoms with Gasteiger partial charge < -0.3 is 13.5 Å². The van der Waals surface area contributed by atoms with Crippen LogP contribution in [-0.4, -0.2) is 51.1 Å². The molecule has 19 heavy (non-hydrogen) atoms. The fourth-order valence-electron chi connectivity index (χ4n) is 1.18. The molecule has 0 N–H and O–H groups in total. The van der Waals surface area contributed by atoms with E-state index in [1.54, 1.807) is 11.4 Å². The average molecular weight is 329 g/mol. The Morgan fingerprint density at radius 3 is 2.11 bits per heavy atom. The zero-order valence-electron chi connectivity index (χ0n) is 13.2. The summed E-state index contributed by atoms with van der Waals surface area (Å²) in [7, 11) is 6.49. The van der Waals surface area contributed by atoms with E-state index >= 15 is 0 Å². The van der Waals surface area contributed by atoms with Gasteiger partial charge in [0.25, 0.3) is 0 Å². The van der Waals surface area contributed by atoms with Crippen molar-refractivity contribution in [1.29, 1.82) is 0 Å². The normalized spacial score (nSPS) is 15.4. The zero-order chi connectivity index (χ0) is 14.8. The highest BCUT2D eigenvalue weighted by atomic mass is 32.9. The predicted molar refractivity (Wildman–Crippen MR) is 91.4 cm³/mol. The third-order valence-corrected chi connectivity index (χ3v) is 8.00. The quantitative estimate of drug-likeness (QED) is 0.302. The van der Waals surface area contributed by atoms with E-state index in [2.05, 4.69) is 35.0 Å². The molecule has 0 fully saturated rings. The van der Waals surface area contributed by atoms with Crippen molar-refractivity contribution >= 4 is 28.9 Å². The van der Waals surface area contributed by atoms with E-state index in [9.17, 15) is 0 Å². The Kier molecular flexibility index (Phi) is 11.1. The summed E-state index contributed by atoms with van der Waals surface area (Å²) in [6, 6.07) is 0. The molecule has 0 aromatic carbocycles. The van der Waals surface area contributed by atoms with Crippen LogP contribution < -0.4 is 0 Å². The van der Waals surface area contributed by atoms with Gasteiger partial charge in [0.1, 0.15) is 13.2 Å². The van der Waals surface area contributed by atoms with Gasteiger partial charge in [-0.3, -0.25) is 0 Å². The number of unbranched alkanes of at least 4 members (excludes halogenated alkanes) is 2. The Labute approximate surface area is 128 Å². The van der Waals surface area contributed by atoms with Crippen molar-refractivity contribution in [3.63, 3.8) is 0 Å². The minimum absolute atomic E-state index is 0.687. The molecule has 0 saturated carbocycles. The van der Waals surface area contributed by atoms with Gasteiger partial charge in [-0.1, -0.05) is 38.1 Å². The van der Waals surface area contributed by atoms with E-state index < -0.39 is 5.69 Å². The first-order valence-electron chi connectivity index (χ1n) is 7.17. The number of hydrogen-bond donors (Lipinski definition) is 0. The smallest absolute Gasteiger partial charge is 0.247 e. The second-order valence-corrected chi connectivity index (χ2v) is 12.1. The average Bonchev–Trinajstić information content (AvgIpc) is 2.28. The lowest BCUT2D eigenvalue weighted by Gasteiger charge is -2.26. The molecule has 0 aliphatic rings. The summed E-state index contributed by atoms with van der Waals surface area (Å²) in [5.74, 6) is 1.05. The highest BCUT2D eigenvalue weighted by molar-refractivity contribution is 8.67. The SMILES string of the molecule is CCCCOP(=S)(OCC[N+](C)(C)C)SCCCC. The lowest BCUT2D eigenvalue weighted by Crippen LogP contribution is -2.37. The molecule has 0 heterocycles. The number of likely N-dealkylation sites (N-methyl/N-ethyl adjacent to an activating group) is 1. The molecule has 0 aromatic heterocycles. The van der Waals surface area contributed by atoms with Crippen molar-refractivity contribution in [2.45, 2.75) is 39.5 Å². The van der Waals surface area contributed by atoms with Gasteiger partial charge in [-0.25, -0.2) is 0 Å². The van der Waals surface area contributed by atoms with Crippen LogP contribution in [0.2, 0.25) is 0 Å². The molecule has 0 spiro atoms. The molecular formula is C13H31NO2PS2+. The summed E-state index contributed by atoms with van der Waals surface area (Å²) in [4.78, 5) is 0. The van der Waals surface area contributed by atoms with Gasteiger partial charge in [0, 0.05) is 5.75 Å². The Bertz CT molecular complexity index is 256. The van der Waals surface area contributed by atoms with E-state index in [4.69, 9.17) is 20.9 Å². The zero-order valence-corrected chi connectivity index (χ0v) is 15.7. The standard InChI is InChI=1S/C13H31NO2PS2/c1-6-8-11-15-17(18,19-13-9-7-2)16-12-10-14(3,4)5/h6-13H2,1-5H3/q+1. The molecule has 0 saturated heterocycles. The Morgan fingerprint density at radius 1 is 1.00 bits per heavy atom. The number of quaternary nitrogens is 1. The Morgan fingerprint density at radius 2 is 1.58 bits per heavy atom. The van der Waals surface area contributed by atoms with Crippen LogP contribution in [0.25, 0.3) is 0 Å². The predicted octanol–water partition coefficient (Wildman–Crippen LogP) is 4.28. The van der Waals surface area contributed by atoms with Crippen molar-refractivity contribution in [3.8, 4) is 0 Å². The summed E-state index contributed by atoms with van der Waals surface area (Å²) in [5, 5.41) is 0. The third-order valence-electron chi connectivity index (χ3n) is 2.51. The van der Waals surface area contributed by atoms with Gasteiger partial charge in [0.15, 0.2) is 0 Å². The number of rotatable bonds is 12. The molecule has 6 heteroatoms. The lowest BCUT2D eigenvalue weighted by molar-refractivity contribution is -0.870. The molecule has 0 radical (unpaired) electrons. The van der Waals surface area contributed by atoms with Crippen molar-refractivity contribution in [2.24, 2.45) is 0 Å². The van der Waals surface area contributed by atoms with Gasteiger partial charge in [0.2, 0.25) is 5.69 Å². The largest absolute Gasteiger partial charge is 0.329 e.